The molecule has 0 saturated heterocycles. The fourth-order valence-corrected chi connectivity index (χ4v) is 2.13. The first-order valence-electron chi connectivity index (χ1n) is 6.38. The molecule has 2 rings (SSSR count). The number of fused-ring (bicyclic) bond motifs is 1. The van der Waals surface area contributed by atoms with Gasteiger partial charge in [0.25, 0.3) is 0 Å². The van der Waals surface area contributed by atoms with Gasteiger partial charge in [-0.25, -0.2) is 4.98 Å². The summed E-state index contributed by atoms with van der Waals surface area (Å²) in [4.78, 5) is 15.8. The van der Waals surface area contributed by atoms with Crippen LogP contribution in [0.15, 0.2) is 12.1 Å². The summed E-state index contributed by atoms with van der Waals surface area (Å²) in [5, 5.41) is 9.22. The molecule has 0 amide bonds. The minimum atomic E-state index is -0.806. The number of carboxylic acids is 1. The first-order valence-corrected chi connectivity index (χ1v) is 6.38. The summed E-state index contributed by atoms with van der Waals surface area (Å²) in [7, 11) is 1.94. The minimum absolute atomic E-state index is 0.422. The molecule has 1 N–H and O–H groups in total. The summed E-state index contributed by atoms with van der Waals surface area (Å²) in [6.45, 7) is 7.59. The fraction of sp³-hybridized carbons (Fsp3) is 0.467. The van der Waals surface area contributed by atoms with Gasteiger partial charge in [0.15, 0.2) is 0 Å². The van der Waals surface area contributed by atoms with Gasteiger partial charge in [-0.05, 0) is 51.0 Å². The van der Waals surface area contributed by atoms with Crippen LogP contribution in [0, 0.1) is 19.3 Å². The average Bonchev–Trinajstić information content (AvgIpc) is 2.57. The normalized spacial score (nSPS) is 12.1. The van der Waals surface area contributed by atoms with Gasteiger partial charge >= 0.3 is 5.97 Å². The summed E-state index contributed by atoms with van der Waals surface area (Å²) in [5.74, 6) is 0.0133. The number of hydrogen-bond acceptors (Lipinski definition) is 2. The van der Waals surface area contributed by atoms with E-state index in [0.717, 1.165) is 16.9 Å². The minimum Gasteiger partial charge on any atom is -0.481 e. The predicted octanol–water partition coefficient (Wildman–Crippen LogP) is 2.84. The first kappa shape index (κ1) is 13.6. The molecule has 2 aromatic rings. The van der Waals surface area contributed by atoms with Crippen molar-refractivity contribution in [2.75, 3.05) is 0 Å². The molecule has 0 aliphatic carbocycles. The summed E-state index contributed by atoms with van der Waals surface area (Å²) >= 11 is 0. The monoisotopic (exact) mass is 260 g/mol. The number of imidazole rings is 1. The molecule has 1 aromatic heterocycles. The Bertz CT molecular complexity index is 654. The van der Waals surface area contributed by atoms with Crippen LogP contribution in [0.2, 0.25) is 0 Å². The number of aromatic nitrogens is 2. The van der Waals surface area contributed by atoms with Crippen LogP contribution in [-0.2, 0) is 18.3 Å². The van der Waals surface area contributed by atoms with Gasteiger partial charge in [-0.3, -0.25) is 4.79 Å². The van der Waals surface area contributed by atoms with E-state index in [9.17, 15) is 9.90 Å². The third-order valence-corrected chi connectivity index (χ3v) is 3.77. The molecule has 4 heteroatoms. The Balaban J connectivity index is 2.51. The number of rotatable bonds is 3. The maximum atomic E-state index is 11.2. The Labute approximate surface area is 113 Å². The number of benzene rings is 1. The topological polar surface area (TPSA) is 55.1 Å². The van der Waals surface area contributed by atoms with Crippen LogP contribution in [0.3, 0.4) is 0 Å². The maximum absolute atomic E-state index is 11.2. The lowest BCUT2D eigenvalue weighted by Gasteiger charge is -2.18. The van der Waals surface area contributed by atoms with Crippen molar-refractivity contribution in [1.82, 2.24) is 9.55 Å². The Kier molecular flexibility index (Phi) is 3.12. The number of aliphatic carboxylic acids is 1. The van der Waals surface area contributed by atoms with E-state index in [-0.39, 0.29) is 0 Å². The van der Waals surface area contributed by atoms with Crippen LogP contribution < -0.4 is 0 Å². The zero-order chi connectivity index (χ0) is 14.4. The van der Waals surface area contributed by atoms with Crippen molar-refractivity contribution >= 4 is 17.0 Å². The van der Waals surface area contributed by atoms with Crippen molar-refractivity contribution in [3.8, 4) is 0 Å². The Morgan fingerprint density at radius 1 is 1.32 bits per heavy atom. The highest BCUT2D eigenvalue weighted by atomic mass is 16.4. The lowest BCUT2D eigenvalue weighted by molar-refractivity contribution is -0.146. The van der Waals surface area contributed by atoms with Gasteiger partial charge < -0.3 is 9.67 Å². The van der Waals surface area contributed by atoms with E-state index in [1.54, 1.807) is 13.8 Å². The molecule has 1 heterocycles. The quantitative estimate of drug-likeness (QED) is 0.923. The van der Waals surface area contributed by atoms with Gasteiger partial charge in [-0.15, -0.1) is 0 Å². The third kappa shape index (κ3) is 2.35. The van der Waals surface area contributed by atoms with E-state index in [4.69, 9.17) is 0 Å². The van der Waals surface area contributed by atoms with Gasteiger partial charge in [-0.2, -0.15) is 0 Å². The molecule has 0 spiro atoms. The number of hydrogen-bond donors (Lipinski definition) is 1. The van der Waals surface area contributed by atoms with Crippen LogP contribution in [0.25, 0.3) is 11.0 Å². The maximum Gasteiger partial charge on any atom is 0.309 e. The smallest absolute Gasteiger partial charge is 0.309 e. The van der Waals surface area contributed by atoms with Gasteiger partial charge in [0.1, 0.15) is 5.82 Å². The highest BCUT2D eigenvalue weighted by Gasteiger charge is 2.29. The Morgan fingerprint density at radius 2 is 1.89 bits per heavy atom. The summed E-state index contributed by atoms with van der Waals surface area (Å²) in [6.07, 6.45) is 0.422. The van der Waals surface area contributed by atoms with Crippen LogP contribution in [-0.4, -0.2) is 20.6 Å². The standard InChI is InChI=1S/C15H20N2O2/c1-9-6-11-12(7-10(9)2)17(5)13(16-11)8-15(3,4)14(18)19/h6-7H,8H2,1-5H3,(H,18,19). The van der Waals surface area contributed by atoms with Crippen molar-refractivity contribution in [1.29, 1.82) is 0 Å². The molecule has 102 valence electrons. The highest BCUT2D eigenvalue weighted by molar-refractivity contribution is 5.78. The second kappa shape index (κ2) is 4.37. The molecule has 0 fully saturated rings. The molecular formula is C15H20N2O2. The zero-order valence-corrected chi connectivity index (χ0v) is 12.1. The summed E-state index contributed by atoms with van der Waals surface area (Å²) in [6, 6.07) is 4.16. The summed E-state index contributed by atoms with van der Waals surface area (Å²) < 4.78 is 1.99. The molecule has 0 bridgehead atoms. The zero-order valence-electron chi connectivity index (χ0n) is 12.1. The number of aryl methyl sites for hydroxylation is 3. The lowest BCUT2D eigenvalue weighted by atomic mass is 9.89. The molecule has 0 radical (unpaired) electrons. The van der Waals surface area contributed by atoms with E-state index in [0.29, 0.717) is 6.42 Å². The Morgan fingerprint density at radius 3 is 2.47 bits per heavy atom. The van der Waals surface area contributed by atoms with Gasteiger partial charge in [0, 0.05) is 13.5 Å². The highest BCUT2D eigenvalue weighted by Crippen LogP contribution is 2.25. The molecule has 0 aliphatic rings. The SMILES string of the molecule is Cc1cc2nc(CC(C)(C)C(=O)O)n(C)c2cc1C. The lowest BCUT2D eigenvalue weighted by Crippen LogP contribution is -2.27. The van der Waals surface area contributed by atoms with Gasteiger partial charge in [-0.1, -0.05) is 0 Å². The number of nitrogens with zero attached hydrogens (tertiary/aromatic N) is 2. The van der Waals surface area contributed by atoms with Gasteiger partial charge in [0.05, 0.1) is 16.4 Å². The third-order valence-electron chi connectivity index (χ3n) is 3.77. The van der Waals surface area contributed by atoms with Crippen molar-refractivity contribution in [3.05, 3.63) is 29.1 Å². The summed E-state index contributed by atoms with van der Waals surface area (Å²) in [5.41, 5.74) is 3.61. The molecule has 0 aliphatic heterocycles. The fourth-order valence-electron chi connectivity index (χ4n) is 2.13. The van der Waals surface area contributed by atoms with Crippen molar-refractivity contribution in [2.24, 2.45) is 12.5 Å². The molecule has 1 aromatic carbocycles. The number of carboxylic acid groups (broad SMARTS) is 1. The average molecular weight is 260 g/mol. The van der Waals surface area contributed by atoms with E-state index in [1.165, 1.54) is 11.1 Å². The van der Waals surface area contributed by atoms with E-state index in [1.807, 2.05) is 11.6 Å². The molecule has 19 heavy (non-hydrogen) atoms. The second-order valence-corrected chi connectivity index (χ2v) is 5.88. The molecule has 0 saturated carbocycles. The molecule has 0 atom stereocenters. The molecule has 4 nitrogen and oxygen atoms in total. The van der Waals surface area contributed by atoms with E-state index in [2.05, 4.69) is 31.0 Å². The Hall–Kier alpha value is -1.84. The van der Waals surface area contributed by atoms with Gasteiger partial charge in [0.2, 0.25) is 0 Å². The molecular weight excluding hydrogens is 240 g/mol. The van der Waals surface area contributed by atoms with Crippen molar-refractivity contribution in [2.45, 2.75) is 34.1 Å². The predicted molar refractivity (Wildman–Crippen MR) is 75.3 cm³/mol. The van der Waals surface area contributed by atoms with Crippen LogP contribution in [0.5, 0.6) is 0 Å². The molecule has 0 unspecified atom stereocenters. The number of carbonyl (C=O) groups is 1. The van der Waals surface area contributed by atoms with Crippen LogP contribution in [0.4, 0.5) is 0 Å². The second-order valence-electron chi connectivity index (χ2n) is 5.88. The van der Waals surface area contributed by atoms with Crippen LogP contribution >= 0.6 is 0 Å². The van der Waals surface area contributed by atoms with E-state index >= 15 is 0 Å². The first-order chi connectivity index (χ1) is 8.72. The largest absolute Gasteiger partial charge is 0.481 e. The van der Waals surface area contributed by atoms with Crippen molar-refractivity contribution < 1.29 is 9.90 Å². The van der Waals surface area contributed by atoms with Crippen molar-refractivity contribution in [3.63, 3.8) is 0 Å². The van der Waals surface area contributed by atoms with E-state index < -0.39 is 11.4 Å². The van der Waals surface area contributed by atoms with Crippen LogP contribution in [0.1, 0.15) is 30.8 Å².